The van der Waals surface area contributed by atoms with Gasteiger partial charge in [-0.1, -0.05) is 30.3 Å². The van der Waals surface area contributed by atoms with Gasteiger partial charge in [-0.2, -0.15) is 0 Å². The minimum atomic E-state index is -0.640. The normalized spacial score (nSPS) is 12.8. The zero-order valence-corrected chi connectivity index (χ0v) is 9.40. The Morgan fingerprint density at radius 1 is 1.35 bits per heavy atom. The number of rotatable bonds is 4. The summed E-state index contributed by atoms with van der Waals surface area (Å²) in [7, 11) is 0. The topological polar surface area (TPSA) is 38.0 Å². The third-order valence-electron chi connectivity index (χ3n) is 2.49. The summed E-state index contributed by atoms with van der Waals surface area (Å²) in [6, 6.07) is 7.68. The highest BCUT2D eigenvalue weighted by Crippen LogP contribution is 2.20. The highest BCUT2D eigenvalue weighted by molar-refractivity contribution is 5.63. The molecule has 0 bridgehead atoms. The number of aromatic nitrogens is 2. The molecule has 1 aromatic heterocycles. The van der Waals surface area contributed by atoms with Gasteiger partial charge >= 0.3 is 0 Å². The van der Waals surface area contributed by atoms with Crippen molar-refractivity contribution in [3.63, 3.8) is 0 Å². The van der Waals surface area contributed by atoms with Crippen LogP contribution in [0, 0.1) is 0 Å². The number of aliphatic hydroxyl groups is 1. The molecular formula is C14H14N2O. The summed E-state index contributed by atoms with van der Waals surface area (Å²) in [6.45, 7) is 3.60. The largest absolute Gasteiger partial charge is 0.384 e. The molecule has 3 heteroatoms. The Bertz CT molecular complexity index is 515. The van der Waals surface area contributed by atoms with Gasteiger partial charge in [0.2, 0.25) is 0 Å². The first kappa shape index (κ1) is 11.4. The molecule has 1 aromatic carbocycles. The molecule has 86 valence electrons. The third-order valence-corrected chi connectivity index (χ3v) is 2.49. The Hall–Kier alpha value is -2.13. The Kier molecular flexibility index (Phi) is 3.52. The van der Waals surface area contributed by atoms with E-state index in [0.717, 1.165) is 11.1 Å². The first-order chi connectivity index (χ1) is 8.31. The average Bonchev–Trinajstić information content (AvgIpc) is 2.89. The molecule has 0 spiro atoms. The Balaban J connectivity index is 2.29. The van der Waals surface area contributed by atoms with Crippen molar-refractivity contribution in [1.82, 2.24) is 9.55 Å². The van der Waals surface area contributed by atoms with Crippen LogP contribution in [0.3, 0.4) is 0 Å². The van der Waals surface area contributed by atoms with Crippen molar-refractivity contribution >= 4 is 12.3 Å². The molecule has 1 heterocycles. The average molecular weight is 226 g/mol. The molecule has 0 radical (unpaired) electrons. The maximum atomic E-state index is 9.80. The van der Waals surface area contributed by atoms with Gasteiger partial charge in [-0.25, -0.2) is 4.98 Å². The highest BCUT2D eigenvalue weighted by atomic mass is 16.3. The fourth-order valence-electron chi connectivity index (χ4n) is 1.58. The molecule has 2 aromatic rings. The van der Waals surface area contributed by atoms with Crippen molar-refractivity contribution in [2.24, 2.45) is 0 Å². The smallest absolute Gasteiger partial charge is 0.0986 e. The fraction of sp³-hybridized carbons (Fsp3) is 0.0714. The summed E-state index contributed by atoms with van der Waals surface area (Å²) in [5.74, 6) is 0. The lowest BCUT2D eigenvalue weighted by Crippen LogP contribution is -1.95. The number of hydrogen-bond acceptors (Lipinski definition) is 2. The van der Waals surface area contributed by atoms with Crippen LogP contribution in [-0.4, -0.2) is 14.7 Å². The molecule has 0 aliphatic heterocycles. The van der Waals surface area contributed by atoms with Crippen LogP contribution in [0.15, 0.2) is 55.6 Å². The van der Waals surface area contributed by atoms with Gasteiger partial charge in [0, 0.05) is 18.6 Å². The fourth-order valence-corrected chi connectivity index (χ4v) is 1.58. The van der Waals surface area contributed by atoms with E-state index in [9.17, 15) is 5.11 Å². The van der Waals surface area contributed by atoms with E-state index in [2.05, 4.69) is 11.6 Å². The lowest BCUT2D eigenvalue weighted by Gasteiger charge is -2.09. The van der Waals surface area contributed by atoms with Gasteiger partial charge in [-0.15, -0.1) is 6.58 Å². The maximum absolute atomic E-state index is 9.80. The van der Waals surface area contributed by atoms with Gasteiger partial charge in [-0.05, 0) is 17.2 Å². The number of imidazole rings is 1. The molecule has 1 atom stereocenters. The van der Waals surface area contributed by atoms with Crippen LogP contribution in [0.25, 0.3) is 12.3 Å². The summed E-state index contributed by atoms with van der Waals surface area (Å²) in [4.78, 5) is 3.95. The van der Waals surface area contributed by atoms with Crippen LogP contribution in [-0.2, 0) is 0 Å². The van der Waals surface area contributed by atoms with E-state index in [1.807, 2.05) is 47.3 Å². The first-order valence-corrected chi connectivity index (χ1v) is 5.36. The van der Waals surface area contributed by atoms with Crippen molar-refractivity contribution in [3.8, 4) is 0 Å². The molecule has 17 heavy (non-hydrogen) atoms. The summed E-state index contributed by atoms with van der Waals surface area (Å²) in [5, 5.41) is 9.80. The summed E-state index contributed by atoms with van der Waals surface area (Å²) in [5.41, 5.74) is 1.81. The van der Waals surface area contributed by atoms with Gasteiger partial charge in [-0.3, -0.25) is 0 Å². The second-order valence-electron chi connectivity index (χ2n) is 3.64. The lowest BCUT2D eigenvalue weighted by molar-refractivity contribution is 0.229. The molecule has 0 amide bonds. The molecule has 0 aliphatic carbocycles. The van der Waals surface area contributed by atoms with Crippen molar-refractivity contribution in [2.45, 2.75) is 6.10 Å². The second-order valence-corrected chi connectivity index (χ2v) is 3.64. The summed E-state index contributed by atoms with van der Waals surface area (Å²) < 4.78 is 1.84. The summed E-state index contributed by atoms with van der Waals surface area (Å²) in [6.07, 6.45) is 9.98. The Labute approximate surface area is 100 Å². The molecular weight excluding hydrogens is 212 g/mol. The highest BCUT2D eigenvalue weighted by Gasteiger charge is 2.05. The number of hydrogen-bond donors (Lipinski definition) is 1. The lowest BCUT2D eigenvalue weighted by atomic mass is 10.0. The van der Waals surface area contributed by atoms with Crippen LogP contribution in [0.2, 0.25) is 0 Å². The van der Waals surface area contributed by atoms with Crippen molar-refractivity contribution in [2.75, 3.05) is 0 Å². The van der Waals surface area contributed by atoms with E-state index in [0.29, 0.717) is 0 Å². The summed E-state index contributed by atoms with van der Waals surface area (Å²) >= 11 is 0. The number of nitrogens with zero attached hydrogens (tertiary/aromatic N) is 2. The minimum Gasteiger partial charge on any atom is -0.384 e. The molecule has 0 aliphatic rings. The van der Waals surface area contributed by atoms with Crippen LogP contribution in [0.5, 0.6) is 0 Å². The standard InChI is InChI=1S/C14H14N2O/c1-2-14(17)13-6-4-3-5-12(13)7-9-16-10-8-15-11-16/h2-11,14,17H,1H2. The Morgan fingerprint density at radius 3 is 2.88 bits per heavy atom. The van der Waals surface area contributed by atoms with Gasteiger partial charge in [0.05, 0.1) is 12.4 Å². The molecule has 0 fully saturated rings. The zero-order chi connectivity index (χ0) is 12.1. The molecule has 2 rings (SSSR count). The van der Waals surface area contributed by atoms with E-state index in [4.69, 9.17) is 0 Å². The predicted molar refractivity (Wildman–Crippen MR) is 69.0 cm³/mol. The van der Waals surface area contributed by atoms with Crippen molar-refractivity contribution in [3.05, 3.63) is 66.8 Å². The minimum absolute atomic E-state index is 0.640. The van der Waals surface area contributed by atoms with Crippen LogP contribution >= 0.6 is 0 Å². The quantitative estimate of drug-likeness (QED) is 0.814. The van der Waals surface area contributed by atoms with Gasteiger partial charge < -0.3 is 9.67 Å². The predicted octanol–water partition coefficient (Wildman–Crippen LogP) is 2.73. The van der Waals surface area contributed by atoms with E-state index in [1.54, 1.807) is 12.5 Å². The maximum Gasteiger partial charge on any atom is 0.0986 e. The number of aliphatic hydroxyl groups excluding tert-OH is 1. The number of benzene rings is 1. The van der Waals surface area contributed by atoms with Crippen LogP contribution in [0.4, 0.5) is 0 Å². The van der Waals surface area contributed by atoms with E-state index >= 15 is 0 Å². The van der Waals surface area contributed by atoms with E-state index in [-0.39, 0.29) is 0 Å². The van der Waals surface area contributed by atoms with Crippen molar-refractivity contribution in [1.29, 1.82) is 0 Å². The van der Waals surface area contributed by atoms with Crippen LogP contribution in [0.1, 0.15) is 17.2 Å². The monoisotopic (exact) mass is 226 g/mol. The molecule has 1 N–H and O–H groups in total. The van der Waals surface area contributed by atoms with Crippen molar-refractivity contribution < 1.29 is 5.11 Å². The van der Waals surface area contributed by atoms with Gasteiger partial charge in [0.15, 0.2) is 0 Å². The zero-order valence-electron chi connectivity index (χ0n) is 9.40. The molecule has 0 saturated heterocycles. The van der Waals surface area contributed by atoms with E-state index < -0.39 is 6.10 Å². The first-order valence-electron chi connectivity index (χ1n) is 5.36. The SMILES string of the molecule is C=CC(O)c1ccccc1C=Cn1ccnc1. The third kappa shape index (κ3) is 2.71. The second kappa shape index (κ2) is 5.27. The van der Waals surface area contributed by atoms with E-state index in [1.165, 1.54) is 6.08 Å². The van der Waals surface area contributed by atoms with Gasteiger partial charge in [0.25, 0.3) is 0 Å². The Morgan fingerprint density at radius 2 is 2.18 bits per heavy atom. The molecule has 1 unspecified atom stereocenters. The van der Waals surface area contributed by atoms with Gasteiger partial charge in [0.1, 0.15) is 0 Å². The molecule has 0 saturated carbocycles. The molecule has 3 nitrogen and oxygen atoms in total. The van der Waals surface area contributed by atoms with Crippen LogP contribution < -0.4 is 0 Å².